The summed E-state index contributed by atoms with van der Waals surface area (Å²) in [4.78, 5) is 16.1. The number of hydrogen-bond donors (Lipinski definition) is 1. The van der Waals surface area contributed by atoms with E-state index in [2.05, 4.69) is 25.6 Å². The van der Waals surface area contributed by atoms with Gasteiger partial charge in [0.2, 0.25) is 0 Å². The van der Waals surface area contributed by atoms with Crippen molar-refractivity contribution in [1.29, 1.82) is 0 Å². The molecular weight excluding hydrogens is 449 g/mol. The van der Waals surface area contributed by atoms with E-state index in [1.807, 2.05) is 0 Å². The highest BCUT2D eigenvalue weighted by atomic mass is 79.9. The number of carbonyl (C=O) groups is 1. The third-order valence-corrected chi connectivity index (χ3v) is 5.38. The Morgan fingerprint density at radius 3 is 2.30 bits per heavy atom. The van der Waals surface area contributed by atoms with E-state index in [1.165, 1.54) is 6.07 Å². The van der Waals surface area contributed by atoms with E-state index in [0.29, 0.717) is 0 Å². The average molecular weight is 473 g/mol. The maximum atomic E-state index is 14.5. The summed E-state index contributed by atoms with van der Waals surface area (Å²) in [5, 5.41) is 0. The molecular formula is C17H24BrF3N2O3S. The number of rotatable bonds is 6. The number of nitrogens with zero attached hydrogens (tertiary/aromatic N) is 1. The molecule has 0 aromatic carbocycles. The normalized spacial score (nSPS) is 16.1. The molecule has 10 heteroatoms. The molecule has 0 saturated carbocycles. The summed E-state index contributed by atoms with van der Waals surface area (Å²) in [6.45, 7) is 9.41. The number of pyridine rings is 1. The van der Waals surface area contributed by atoms with Gasteiger partial charge < -0.3 is 9.29 Å². The number of halogens is 4. The number of ether oxygens (including phenoxy) is 1. The second-order valence-electron chi connectivity index (χ2n) is 7.98. The fraction of sp³-hybridized carbons (Fsp3) is 0.647. The van der Waals surface area contributed by atoms with Crippen molar-refractivity contribution in [1.82, 2.24) is 9.71 Å². The number of hydrogen-bond acceptors (Lipinski definition) is 5. The Morgan fingerprint density at radius 2 is 1.85 bits per heavy atom. The Bertz CT molecular complexity index is 680. The molecule has 1 aromatic rings. The molecule has 27 heavy (non-hydrogen) atoms. The largest absolute Gasteiger partial charge is 0.598 e. The summed E-state index contributed by atoms with van der Waals surface area (Å²) >= 11 is 0.974. The van der Waals surface area contributed by atoms with Gasteiger partial charge in [0.05, 0.1) is 6.42 Å². The molecule has 0 saturated heterocycles. The van der Waals surface area contributed by atoms with Crippen molar-refractivity contribution in [3.8, 4) is 0 Å². The van der Waals surface area contributed by atoms with Gasteiger partial charge in [-0.1, -0.05) is 0 Å². The fourth-order valence-electron chi connectivity index (χ4n) is 2.05. The number of nitrogens with one attached hydrogen (secondary N) is 1. The molecule has 1 N–H and O–H groups in total. The van der Waals surface area contributed by atoms with Crippen LogP contribution in [0.25, 0.3) is 0 Å². The summed E-state index contributed by atoms with van der Waals surface area (Å²) in [7, 11) is 0. The van der Waals surface area contributed by atoms with Gasteiger partial charge in [0, 0.05) is 11.4 Å². The Hall–Kier alpha value is -0.840. The summed E-state index contributed by atoms with van der Waals surface area (Å²) < 4.78 is 62.1. The molecule has 154 valence electrons. The minimum atomic E-state index is -3.30. The first-order valence-electron chi connectivity index (χ1n) is 8.11. The number of esters is 1. The van der Waals surface area contributed by atoms with Gasteiger partial charge in [-0.25, -0.2) is 18.2 Å². The van der Waals surface area contributed by atoms with E-state index in [0.717, 1.165) is 6.07 Å². The first kappa shape index (κ1) is 24.2. The fourth-order valence-corrected chi connectivity index (χ4v) is 3.25. The van der Waals surface area contributed by atoms with Crippen molar-refractivity contribution >= 4 is 33.3 Å². The summed E-state index contributed by atoms with van der Waals surface area (Å²) in [5.74, 6) is -2.05. The van der Waals surface area contributed by atoms with Crippen molar-refractivity contribution in [3.05, 3.63) is 28.2 Å². The summed E-state index contributed by atoms with van der Waals surface area (Å²) in [5.41, 5.74) is -4.28. The third kappa shape index (κ3) is 6.62. The predicted molar refractivity (Wildman–Crippen MR) is 101 cm³/mol. The maximum absolute atomic E-state index is 14.5. The van der Waals surface area contributed by atoms with Gasteiger partial charge in [-0.3, -0.25) is 4.79 Å². The Kier molecular flexibility index (Phi) is 7.77. The van der Waals surface area contributed by atoms with Crippen LogP contribution in [0.3, 0.4) is 0 Å². The number of aromatic nitrogens is 1. The van der Waals surface area contributed by atoms with Crippen molar-refractivity contribution in [3.63, 3.8) is 0 Å². The molecule has 0 amide bonds. The Morgan fingerprint density at radius 1 is 1.30 bits per heavy atom. The lowest BCUT2D eigenvalue weighted by Gasteiger charge is -2.36. The molecule has 0 aliphatic carbocycles. The molecule has 0 aliphatic rings. The van der Waals surface area contributed by atoms with E-state index in [9.17, 15) is 22.5 Å². The SMILES string of the molecule is CC(C)(C)OC(=O)C[C@@](N[S+]([O-])C(C)(C)C)(c1nc(Br)ccc1F)C(F)F. The minimum absolute atomic E-state index is 0.0939. The van der Waals surface area contributed by atoms with Crippen molar-refractivity contribution in [2.24, 2.45) is 0 Å². The minimum Gasteiger partial charge on any atom is -0.598 e. The standard InChI is InChI=1S/C17H24BrF3N2O3S/c1-15(2,3)26-12(24)9-17(14(20)21,23-27(25)16(4,5)6)13-10(19)7-8-11(18)22-13/h7-8,14,23H,9H2,1-6H3/t17-,27?/m1/s1. The second-order valence-corrected chi connectivity index (χ2v) is 10.8. The lowest BCUT2D eigenvalue weighted by atomic mass is 9.91. The van der Waals surface area contributed by atoms with Crippen LogP contribution in [0.2, 0.25) is 0 Å². The maximum Gasteiger partial charge on any atom is 0.309 e. The topological polar surface area (TPSA) is 74.3 Å². The first-order valence-corrected chi connectivity index (χ1v) is 10.0. The van der Waals surface area contributed by atoms with Gasteiger partial charge in [-0.05, 0) is 69.6 Å². The van der Waals surface area contributed by atoms with Gasteiger partial charge in [-0.15, -0.1) is 4.72 Å². The van der Waals surface area contributed by atoms with E-state index < -0.39 is 57.6 Å². The highest BCUT2D eigenvalue weighted by Gasteiger charge is 2.53. The molecule has 0 fully saturated rings. The molecule has 1 heterocycles. The summed E-state index contributed by atoms with van der Waals surface area (Å²) in [6, 6.07) is 2.18. The van der Waals surface area contributed by atoms with Crippen LogP contribution in [0.1, 0.15) is 53.7 Å². The van der Waals surface area contributed by atoms with Crippen LogP contribution in [-0.4, -0.2) is 32.3 Å². The Balaban J connectivity index is 3.51. The van der Waals surface area contributed by atoms with Crippen molar-refractivity contribution in [2.75, 3.05) is 0 Å². The van der Waals surface area contributed by atoms with E-state index in [1.54, 1.807) is 41.5 Å². The molecule has 1 aromatic heterocycles. The zero-order chi connectivity index (χ0) is 21.2. The van der Waals surface area contributed by atoms with Crippen LogP contribution in [-0.2, 0) is 26.4 Å². The molecule has 0 aliphatic heterocycles. The van der Waals surface area contributed by atoms with Crippen LogP contribution >= 0.6 is 15.9 Å². The van der Waals surface area contributed by atoms with Crippen molar-refractivity contribution in [2.45, 2.75) is 70.3 Å². The van der Waals surface area contributed by atoms with E-state index in [-0.39, 0.29) is 4.60 Å². The van der Waals surface area contributed by atoms with Gasteiger partial charge in [0.25, 0.3) is 6.43 Å². The van der Waals surface area contributed by atoms with E-state index in [4.69, 9.17) is 4.74 Å². The predicted octanol–water partition coefficient (Wildman–Crippen LogP) is 4.23. The van der Waals surface area contributed by atoms with Gasteiger partial charge in [-0.2, -0.15) is 0 Å². The molecule has 0 bridgehead atoms. The van der Waals surface area contributed by atoms with Crippen LogP contribution in [0.15, 0.2) is 16.7 Å². The number of alkyl halides is 2. The Labute approximate surface area is 168 Å². The van der Waals surface area contributed by atoms with Gasteiger partial charge in [0.15, 0.2) is 5.54 Å². The van der Waals surface area contributed by atoms with E-state index >= 15 is 0 Å². The first-order chi connectivity index (χ1) is 12.1. The lowest BCUT2D eigenvalue weighted by molar-refractivity contribution is -0.158. The van der Waals surface area contributed by atoms with Crippen LogP contribution in [0, 0.1) is 5.82 Å². The molecule has 0 radical (unpaired) electrons. The smallest absolute Gasteiger partial charge is 0.309 e. The zero-order valence-corrected chi connectivity index (χ0v) is 18.4. The van der Waals surface area contributed by atoms with Crippen molar-refractivity contribution < 1.29 is 27.3 Å². The highest BCUT2D eigenvalue weighted by molar-refractivity contribution is 9.10. The van der Waals surface area contributed by atoms with Crippen LogP contribution < -0.4 is 4.72 Å². The average Bonchev–Trinajstić information content (AvgIpc) is 2.45. The lowest BCUT2D eigenvalue weighted by Crippen LogP contribution is -2.57. The molecule has 1 rings (SSSR count). The number of carbonyl (C=O) groups excluding carboxylic acids is 1. The van der Waals surface area contributed by atoms with Gasteiger partial charge in [0.1, 0.15) is 26.5 Å². The monoisotopic (exact) mass is 472 g/mol. The zero-order valence-electron chi connectivity index (χ0n) is 16.0. The van der Waals surface area contributed by atoms with Crippen LogP contribution in [0.4, 0.5) is 13.2 Å². The summed E-state index contributed by atoms with van der Waals surface area (Å²) in [6.07, 6.45) is -4.25. The quantitative estimate of drug-likeness (QED) is 0.381. The molecule has 1 unspecified atom stereocenters. The van der Waals surface area contributed by atoms with Crippen LogP contribution in [0.5, 0.6) is 0 Å². The molecule has 5 nitrogen and oxygen atoms in total. The molecule has 0 spiro atoms. The molecule has 2 atom stereocenters. The highest BCUT2D eigenvalue weighted by Crippen LogP contribution is 2.36. The second kappa shape index (κ2) is 8.67. The third-order valence-electron chi connectivity index (χ3n) is 3.28. The van der Waals surface area contributed by atoms with Gasteiger partial charge >= 0.3 is 5.97 Å².